The molecule has 1 amide bonds. The summed E-state index contributed by atoms with van der Waals surface area (Å²) in [6, 6.07) is 9.98. The summed E-state index contributed by atoms with van der Waals surface area (Å²) < 4.78 is 10.3. The van der Waals surface area contributed by atoms with Gasteiger partial charge in [0.25, 0.3) is 5.91 Å². The minimum absolute atomic E-state index is 0.297. The van der Waals surface area contributed by atoms with Gasteiger partial charge in [-0.1, -0.05) is 38.1 Å². The lowest BCUT2D eigenvalue weighted by Gasteiger charge is -2.08. The van der Waals surface area contributed by atoms with Gasteiger partial charge in [-0.15, -0.1) is 0 Å². The van der Waals surface area contributed by atoms with E-state index in [0.717, 1.165) is 12.0 Å². The van der Waals surface area contributed by atoms with Crippen molar-refractivity contribution in [3.63, 3.8) is 0 Å². The van der Waals surface area contributed by atoms with E-state index >= 15 is 0 Å². The molecule has 0 fully saturated rings. The zero-order chi connectivity index (χ0) is 18.4. The monoisotopic (exact) mass is 343 g/mol. The lowest BCUT2D eigenvalue weighted by atomic mass is 10.0. The first-order valence-corrected chi connectivity index (χ1v) is 8.46. The van der Waals surface area contributed by atoms with E-state index in [1.54, 1.807) is 19.9 Å². The predicted molar refractivity (Wildman–Crippen MR) is 95.7 cm³/mol. The van der Waals surface area contributed by atoms with Gasteiger partial charge in [0.05, 0.1) is 0 Å². The molecular formula is C20H25NO4. The summed E-state index contributed by atoms with van der Waals surface area (Å²) in [4.78, 5) is 23.7. The van der Waals surface area contributed by atoms with Gasteiger partial charge >= 0.3 is 5.97 Å². The van der Waals surface area contributed by atoms with Crippen LogP contribution in [0.15, 0.2) is 34.7 Å². The fourth-order valence-electron chi connectivity index (χ4n) is 2.51. The molecule has 134 valence electrons. The van der Waals surface area contributed by atoms with E-state index in [2.05, 4.69) is 43.4 Å². The van der Waals surface area contributed by atoms with Crippen molar-refractivity contribution in [2.75, 3.05) is 13.2 Å². The molecule has 1 N–H and O–H groups in total. The maximum Gasteiger partial charge on any atom is 0.342 e. The Balaban J connectivity index is 1.72. The van der Waals surface area contributed by atoms with E-state index in [1.807, 2.05) is 0 Å². The number of hydrogen-bond acceptors (Lipinski definition) is 4. The van der Waals surface area contributed by atoms with Crippen LogP contribution in [0, 0.1) is 13.8 Å². The maximum atomic E-state index is 11.9. The molecule has 0 radical (unpaired) electrons. The van der Waals surface area contributed by atoms with E-state index in [0.29, 0.717) is 29.5 Å². The molecule has 0 aliphatic carbocycles. The van der Waals surface area contributed by atoms with E-state index in [9.17, 15) is 9.59 Å². The van der Waals surface area contributed by atoms with Crippen molar-refractivity contribution >= 4 is 11.9 Å². The third-order valence-electron chi connectivity index (χ3n) is 3.98. The Bertz CT molecular complexity index is 729. The lowest BCUT2D eigenvalue weighted by molar-refractivity contribution is -0.124. The zero-order valence-electron chi connectivity index (χ0n) is 15.2. The summed E-state index contributed by atoms with van der Waals surface area (Å²) in [6.07, 6.45) is 0.734. The van der Waals surface area contributed by atoms with Gasteiger partial charge in [0.1, 0.15) is 17.1 Å². The van der Waals surface area contributed by atoms with E-state index < -0.39 is 5.97 Å². The number of aryl methyl sites for hydroxylation is 2. The van der Waals surface area contributed by atoms with Crippen LogP contribution < -0.4 is 5.32 Å². The van der Waals surface area contributed by atoms with Crippen LogP contribution in [0.2, 0.25) is 0 Å². The highest BCUT2D eigenvalue weighted by atomic mass is 16.5. The number of carbonyl (C=O) groups excluding carboxylic acids is 2. The average Bonchev–Trinajstić information content (AvgIpc) is 2.91. The highest BCUT2D eigenvalue weighted by molar-refractivity contribution is 5.92. The number of hydrogen-bond donors (Lipinski definition) is 1. The van der Waals surface area contributed by atoms with Crippen molar-refractivity contribution in [3.05, 3.63) is 58.5 Å². The Morgan fingerprint density at radius 2 is 1.84 bits per heavy atom. The second kappa shape index (κ2) is 8.51. The Kier molecular flexibility index (Phi) is 6.39. The number of rotatable bonds is 7. The number of esters is 1. The van der Waals surface area contributed by atoms with Gasteiger partial charge in [-0.25, -0.2) is 4.79 Å². The van der Waals surface area contributed by atoms with Crippen LogP contribution in [-0.4, -0.2) is 25.0 Å². The maximum absolute atomic E-state index is 11.9. The summed E-state index contributed by atoms with van der Waals surface area (Å²) in [5.41, 5.74) is 2.81. The first-order valence-electron chi connectivity index (χ1n) is 8.46. The molecule has 2 rings (SSSR count). The molecule has 25 heavy (non-hydrogen) atoms. The molecule has 0 saturated carbocycles. The van der Waals surface area contributed by atoms with Crippen molar-refractivity contribution in [2.45, 2.75) is 40.0 Å². The number of amides is 1. The molecule has 1 aromatic carbocycles. The SMILES string of the molecule is Cc1cc(C(=O)OCC(=O)NCCc2ccc(C(C)C)cc2)c(C)o1. The molecule has 0 aliphatic rings. The largest absolute Gasteiger partial charge is 0.466 e. The molecule has 2 aromatic rings. The second-order valence-corrected chi connectivity index (χ2v) is 6.40. The standard InChI is InChI=1S/C20H25NO4/c1-13(2)17-7-5-16(6-8-17)9-10-21-19(22)12-24-20(23)18-11-14(3)25-15(18)4/h5-8,11,13H,9-10,12H2,1-4H3,(H,21,22). The fraction of sp³-hybridized carbons (Fsp3) is 0.400. The van der Waals surface area contributed by atoms with Gasteiger partial charge in [-0.2, -0.15) is 0 Å². The molecule has 1 heterocycles. The Hall–Kier alpha value is -2.56. The van der Waals surface area contributed by atoms with Gasteiger partial charge in [0.15, 0.2) is 6.61 Å². The minimum atomic E-state index is -0.547. The van der Waals surface area contributed by atoms with Crippen molar-refractivity contribution < 1.29 is 18.7 Å². The van der Waals surface area contributed by atoms with Gasteiger partial charge < -0.3 is 14.5 Å². The third-order valence-corrected chi connectivity index (χ3v) is 3.98. The fourth-order valence-corrected chi connectivity index (χ4v) is 2.51. The molecule has 0 unspecified atom stereocenters. The van der Waals surface area contributed by atoms with Crippen LogP contribution in [-0.2, 0) is 16.0 Å². The van der Waals surface area contributed by atoms with Crippen LogP contribution in [0.4, 0.5) is 0 Å². The number of benzene rings is 1. The van der Waals surface area contributed by atoms with E-state index in [-0.39, 0.29) is 12.5 Å². The van der Waals surface area contributed by atoms with Crippen LogP contribution in [0.3, 0.4) is 0 Å². The van der Waals surface area contributed by atoms with Crippen LogP contribution in [0.5, 0.6) is 0 Å². The van der Waals surface area contributed by atoms with Gasteiger partial charge in [0.2, 0.25) is 0 Å². The number of nitrogens with one attached hydrogen (secondary N) is 1. The predicted octanol–water partition coefficient (Wildman–Crippen LogP) is 3.54. The summed E-state index contributed by atoms with van der Waals surface area (Å²) in [5.74, 6) is 0.773. The minimum Gasteiger partial charge on any atom is -0.466 e. The molecular weight excluding hydrogens is 318 g/mol. The van der Waals surface area contributed by atoms with Crippen LogP contribution in [0.1, 0.15) is 52.8 Å². The first-order chi connectivity index (χ1) is 11.9. The Morgan fingerprint density at radius 1 is 1.16 bits per heavy atom. The van der Waals surface area contributed by atoms with Crippen molar-refractivity contribution in [3.8, 4) is 0 Å². The lowest BCUT2D eigenvalue weighted by Crippen LogP contribution is -2.30. The Labute approximate surface area is 148 Å². The number of carbonyl (C=O) groups is 2. The van der Waals surface area contributed by atoms with E-state index in [1.165, 1.54) is 5.56 Å². The number of ether oxygens (including phenoxy) is 1. The van der Waals surface area contributed by atoms with Gasteiger partial charge in [0, 0.05) is 6.54 Å². The molecule has 5 nitrogen and oxygen atoms in total. The van der Waals surface area contributed by atoms with Crippen LogP contribution in [0.25, 0.3) is 0 Å². The highest BCUT2D eigenvalue weighted by Gasteiger charge is 2.16. The molecule has 0 bridgehead atoms. The molecule has 0 aliphatic heterocycles. The first kappa shape index (κ1) is 18.8. The van der Waals surface area contributed by atoms with E-state index in [4.69, 9.17) is 9.15 Å². The molecule has 0 spiro atoms. The number of furan rings is 1. The molecule has 1 aromatic heterocycles. The third kappa shape index (κ3) is 5.48. The highest BCUT2D eigenvalue weighted by Crippen LogP contribution is 2.15. The molecule has 5 heteroatoms. The quantitative estimate of drug-likeness (QED) is 0.781. The van der Waals surface area contributed by atoms with Gasteiger partial charge in [-0.3, -0.25) is 4.79 Å². The van der Waals surface area contributed by atoms with Crippen molar-refractivity contribution in [2.24, 2.45) is 0 Å². The average molecular weight is 343 g/mol. The van der Waals surface area contributed by atoms with Gasteiger partial charge in [-0.05, 0) is 43.4 Å². The molecule has 0 atom stereocenters. The summed E-state index contributed by atoms with van der Waals surface area (Å²) in [7, 11) is 0. The van der Waals surface area contributed by atoms with Crippen molar-refractivity contribution in [1.29, 1.82) is 0 Å². The zero-order valence-corrected chi connectivity index (χ0v) is 15.2. The topological polar surface area (TPSA) is 68.5 Å². The van der Waals surface area contributed by atoms with Crippen LogP contribution >= 0.6 is 0 Å². The second-order valence-electron chi connectivity index (χ2n) is 6.40. The summed E-state index contributed by atoms with van der Waals surface area (Å²) in [6.45, 7) is 7.96. The summed E-state index contributed by atoms with van der Waals surface area (Å²) in [5, 5.41) is 2.76. The summed E-state index contributed by atoms with van der Waals surface area (Å²) >= 11 is 0. The Morgan fingerprint density at radius 3 is 2.40 bits per heavy atom. The molecule has 0 saturated heterocycles. The smallest absolute Gasteiger partial charge is 0.342 e. The normalized spacial score (nSPS) is 10.8. The van der Waals surface area contributed by atoms with Crippen molar-refractivity contribution in [1.82, 2.24) is 5.32 Å².